The van der Waals surface area contributed by atoms with Crippen molar-refractivity contribution >= 4 is 22.2 Å². The number of ether oxygens (including phenoxy) is 1. The summed E-state index contributed by atoms with van der Waals surface area (Å²) in [6, 6.07) is 2.35. The third-order valence-electron chi connectivity index (χ3n) is 2.59. The van der Waals surface area contributed by atoms with Gasteiger partial charge in [-0.1, -0.05) is 0 Å². The highest BCUT2D eigenvalue weighted by Gasteiger charge is 2.19. The molecule has 0 aliphatic rings. The molecule has 1 aromatic heterocycles. The first kappa shape index (κ1) is 14.2. The molecule has 104 valence electrons. The van der Waals surface area contributed by atoms with Gasteiger partial charge in [-0.25, -0.2) is 9.18 Å². The third-order valence-corrected chi connectivity index (χ3v) is 3.18. The van der Waals surface area contributed by atoms with E-state index in [1.165, 1.54) is 13.2 Å². The van der Waals surface area contributed by atoms with Crippen molar-refractivity contribution in [2.24, 2.45) is 0 Å². The molecule has 0 radical (unpaired) electrons. The van der Waals surface area contributed by atoms with Crippen LogP contribution in [0.25, 0.3) is 5.69 Å². The number of rotatable bonds is 3. The Morgan fingerprint density at radius 3 is 2.70 bits per heavy atom. The van der Waals surface area contributed by atoms with Crippen LogP contribution in [0.3, 0.4) is 0 Å². The van der Waals surface area contributed by atoms with Gasteiger partial charge in [0.15, 0.2) is 12.1 Å². The van der Waals surface area contributed by atoms with E-state index in [9.17, 15) is 18.8 Å². The molecule has 0 spiro atoms. The topological polar surface area (TPSA) is 81.2 Å². The van der Waals surface area contributed by atoms with Crippen molar-refractivity contribution in [2.75, 3.05) is 7.11 Å². The zero-order valence-corrected chi connectivity index (χ0v) is 11.7. The number of nitrogens with zero attached hydrogens (tertiary/aromatic N) is 1. The molecule has 1 aromatic carbocycles. The summed E-state index contributed by atoms with van der Waals surface area (Å²) in [5.74, 6) is -0.895. The second kappa shape index (κ2) is 5.41. The van der Waals surface area contributed by atoms with Crippen LogP contribution in [0.1, 0.15) is 10.4 Å². The Balaban J connectivity index is 2.82. The number of nitrogens with one attached hydrogen (secondary N) is 1. The molecule has 1 heterocycles. The van der Waals surface area contributed by atoms with Gasteiger partial charge in [-0.2, -0.15) is 0 Å². The van der Waals surface area contributed by atoms with Gasteiger partial charge in [0.05, 0.1) is 22.8 Å². The van der Waals surface area contributed by atoms with Gasteiger partial charge in [0.2, 0.25) is 0 Å². The predicted molar refractivity (Wildman–Crippen MR) is 72.3 cm³/mol. The molecule has 0 saturated carbocycles. The highest BCUT2D eigenvalue weighted by atomic mass is 79.9. The number of aldehydes is 1. The van der Waals surface area contributed by atoms with Gasteiger partial charge in [0.25, 0.3) is 5.56 Å². The predicted octanol–water partition coefficient (Wildman–Crippen LogP) is 1.25. The summed E-state index contributed by atoms with van der Waals surface area (Å²) in [6.45, 7) is 0. The second-order valence-electron chi connectivity index (χ2n) is 3.74. The standard InChI is InChI=1S/C12H8BrFN2O4/c1-20-11-6(5-17)10(14)8(4-7(11)13)16-3-2-9(18)15-12(16)19/h2-5H,1H3,(H,15,18,19). The van der Waals surface area contributed by atoms with E-state index in [1.807, 2.05) is 4.98 Å². The first-order valence-electron chi connectivity index (χ1n) is 5.33. The molecule has 0 amide bonds. The summed E-state index contributed by atoms with van der Waals surface area (Å²) < 4.78 is 20.4. The summed E-state index contributed by atoms with van der Waals surface area (Å²) in [7, 11) is 1.29. The molecular weight excluding hydrogens is 335 g/mol. The van der Waals surface area contributed by atoms with Gasteiger partial charge >= 0.3 is 5.69 Å². The van der Waals surface area contributed by atoms with E-state index in [1.54, 1.807) is 0 Å². The Labute approximate surface area is 119 Å². The van der Waals surface area contributed by atoms with Crippen molar-refractivity contribution in [3.63, 3.8) is 0 Å². The fraction of sp³-hybridized carbons (Fsp3) is 0.0833. The lowest BCUT2D eigenvalue weighted by molar-refractivity contribution is 0.111. The monoisotopic (exact) mass is 342 g/mol. The van der Waals surface area contributed by atoms with Crippen molar-refractivity contribution < 1.29 is 13.9 Å². The SMILES string of the molecule is COc1c(Br)cc(-n2ccc(=O)[nH]c2=O)c(F)c1C=O. The zero-order chi connectivity index (χ0) is 14.9. The van der Waals surface area contributed by atoms with Crippen molar-refractivity contribution in [3.05, 3.63) is 55.0 Å². The van der Waals surface area contributed by atoms with Gasteiger partial charge in [-0.15, -0.1) is 0 Å². The summed E-state index contributed by atoms with van der Waals surface area (Å²) in [5.41, 5.74) is -1.92. The van der Waals surface area contributed by atoms with Crippen LogP contribution < -0.4 is 16.0 Å². The molecule has 0 fully saturated rings. The zero-order valence-electron chi connectivity index (χ0n) is 10.1. The Morgan fingerprint density at radius 2 is 2.15 bits per heavy atom. The molecular formula is C12H8BrFN2O4. The van der Waals surface area contributed by atoms with Gasteiger partial charge in [0, 0.05) is 12.3 Å². The second-order valence-corrected chi connectivity index (χ2v) is 4.59. The Hall–Kier alpha value is -2.22. The van der Waals surface area contributed by atoms with Gasteiger partial charge < -0.3 is 4.74 Å². The van der Waals surface area contributed by atoms with Crippen molar-refractivity contribution in [1.82, 2.24) is 9.55 Å². The highest BCUT2D eigenvalue weighted by molar-refractivity contribution is 9.10. The number of carbonyl (C=O) groups excluding carboxylic acids is 1. The van der Waals surface area contributed by atoms with Gasteiger partial charge in [-0.05, 0) is 22.0 Å². The van der Waals surface area contributed by atoms with Crippen LogP contribution in [-0.4, -0.2) is 22.9 Å². The molecule has 20 heavy (non-hydrogen) atoms. The largest absolute Gasteiger partial charge is 0.495 e. The summed E-state index contributed by atoms with van der Waals surface area (Å²) in [5, 5.41) is 0. The number of aromatic nitrogens is 2. The van der Waals surface area contributed by atoms with Gasteiger partial charge in [0.1, 0.15) is 5.75 Å². The molecule has 2 aromatic rings. The Kier molecular flexibility index (Phi) is 3.84. The number of halogens is 2. The maximum absolute atomic E-state index is 14.3. The normalized spacial score (nSPS) is 10.3. The van der Waals surface area contributed by atoms with Crippen LogP contribution >= 0.6 is 15.9 Å². The Morgan fingerprint density at radius 1 is 1.45 bits per heavy atom. The number of hydrogen-bond acceptors (Lipinski definition) is 4. The number of carbonyl (C=O) groups is 1. The van der Waals surface area contributed by atoms with Crippen molar-refractivity contribution in [3.8, 4) is 11.4 Å². The molecule has 1 N–H and O–H groups in total. The van der Waals surface area contributed by atoms with Crippen LogP contribution in [-0.2, 0) is 0 Å². The fourth-order valence-corrected chi connectivity index (χ4v) is 2.30. The number of aromatic amines is 1. The maximum Gasteiger partial charge on any atom is 0.333 e. The lowest BCUT2D eigenvalue weighted by atomic mass is 10.1. The minimum atomic E-state index is -0.922. The highest BCUT2D eigenvalue weighted by Crippen LogP contribution is 2.33. The molecule has 6 nitrogen and oxygen atoms in total. The van der Waals surface area contributed by atoms with Crippen LogP contribution in [0, 0.1) is 5.82 Å². The number of methoxy groups -OCH3 is 1. The van der Waals surface area contributed by atoms with Crippen LogP contribution in [0.15, 0.2) is 32.4 Å². The molecule has 8 heteroatoms. The van der Waals surface area contributed by atoms with Crippen LogP contribution in [0.5, 0.6) is 5.75 Å². The summed E-state index contributed by atoms with van der Waals surface area (Å²) >= 11 is 3.13. The first-order valence-corrected chi connectivity index (χ1v) is 6.12. The summed E-state index contributed by atoms with van der Waals surface area (Å²) in [4.78, 5) is 35.7. The lowest BCUT2D eigenvalue weighted by Gasteiger charge is -2.12. The minimum absolute atomic E-state index is 0.0266. The fourth-order valence-electron chi connectivity index (χ4n) is 1.71. The molecule has 0 saturated heterocycles. The number of hydrogen-bond donors (Lipinski definition) is 1. The molecule has 0 aliphatic heterocycles. The minimum Gasteiger partial charge on any atom is -0.495 e. The lowest BCUT2D eigenvalue weighted by Crippen LogP contribution is -2.28. The summed E-state index contributed by atoms with van der Waals surface area (Å²) in [6.07, 6.45) is 1.41. The maximum atomic E-state index is 14.3. The van der Waals surface area contributed by atoms with E-state index >= 15 is 0 Å². The van der Waals surface area contributed by atoms with Crippen LogP contribution in [0.4, 0.5) is 4.39 Å². The van der Waals surface area contributed by atoms with E-state index in [2.05, 4.69) is 15.9 Å². The smallest absolute Gasteiger partial charge is 0.333 e. The molecule has 0 unspecified atom stereocenters. The molecule has 2 rings (SSSR count). The van der Waals surface area contributed by atoms with Crippen molar-refractivity contribution in [1.29, 1.82) is 0 Å². The van der Waals surface area contributed by atoms with E-state index in [0.717, 1.165) is 16.8 Å². The van der Waals surface area contributed by atoms with E-state index in [-0.39, 0.29) is 17.0 Å². The van der Waals surface area contributed by atoms with E-state index < -0.39 is 17.1 Å². The van der Waals surface area contributed by atoms with Crippen LogP contribution in [0.2, 0.25) is 0 Å². The van der Waals surface area contributed by atoms with Gasteiger partial charge in [-0.3, -0.25) is 19.1 Å². The quantitative estimate of drug-likeness (QED) is 0.851. The van der Waals surface area contributed by atoms with E-state index in [4.69, 9.17) is 4.74 Å². The molecule has 0 atom stereocenters. The van der Waals surface area contributed by atoms with Crippen molar-refractivity contribution in [2.45, 2.75) is 0 Å². The molecule has 0 bridgehead atoms. The Bertz CT molecular complexity index is 797. The number of H-pyrrole nitrogens is 1. The average molecular weight is 343 g/mol. The third kappa shape index (κ3) is 2.29. The average Bonchev–Trinajstić information content (AvgIpc) is 2.41. The number of benzene rings is 1. The molecule has 0 aliphatic carbocycles. The van der Waals surface area contributed by atoms with E-state index in [0.29, 0.717) is 10.8 Å². The first-order chi connectivity index (χ1) is 9.49.